The smallest absolute Gasteiger partial charge is 0.0626 e. The van der Waals surface area contributed by atoms with Crippen molar-refractivity contribution in [3.63, 3.8) is 0 Å². The maximum absolute atomic E-state index is 2.27. The van der Waals surface area contributed by atoms with Gasteiger partial charge in [-0.3, -0.25) is 3.97 Å². The molecule has 18 heavy (non-hydrogen) atoms. The standard InChI is InChI=1S/C16H15NS/c1-2-13-7-6-8-14-11-12-17(16(13)14)18-15-9-4-3-5-10-15/h3-12H,2H2,1H3. The van der Waals surface area contributed by atoms with E-state index < -0.39 is 0 Å². The highest BCUT2D eigenvalue weighted by Crippen LogP contribution is 2.28. The summed E-state index contributed by atoms with van der Waals surface area (Å²) in [4.78, 5) is 1.26. The second kappa shape index (κ2) is 4.91. The van der Waals surface area contributed by atoms with Crippen LogP contribution >= 0.6 is 11.9 Å². The van der Waals surface area contributed by atoms with Crippen LogP contribution in [0.1, 0.15) is 12.5 Å². The second-order valence-electron chi connectivity index (χ2n) is 4.25. The number of para-hydroxylation sites is 1. The molecule has 0 radical (unpaired) electrons. The van der Waals surface area contributed by atoms with Crippen molar-refractivity contribution in [2.75, 3.05) is 0 Å². The van der Waals surface area contributed by atoms with E-state index in [2.05, 4.69) is 71.7 Å². The molecule has 2 aromatic carbocycles. The Bertz CT molecular complexity index is 655. The molecule has 1 nitrogen and oxygen atoms in total. The quantitative estimate of drug-likeness (QED) is 0.651. The maximum Gasteiger partial charge on any atom is 0.0626 e. The summed E-state index contributed by atoms with van der Waals surface area (Å²) < 4.78 is 2.27. The molecular formula is C16H15NS. The average molecular weight is 253 g/mol. The summed E-state index contributed by atoms with van der Waals surface area (Å²) >= 11 is 1.77. The third kappa shape index (κ3) is 2.04. The van der Waals surface area contributed by atoms with Crippen LogP contribution < -0.4 is 0 Å². The Kier molecular flexibility index (Phi) is 3.11. The number of fused-ring (bicyclic) bond motifs is 1. The van der Waals surface area contributed by atoms with Crippen LogP contribution in [0, 0.1) is 0 Å². The van der Waals surface area contributed by atoms with Crippen molar-refractivity contribution in [3.05, 3.63) is 66.4 Å². The van der Waals surface area contributed by atoms with Gasteiger partial charge in [0.2, 0.25) is 0 Å². The summed E-state index contributed by atoms with van der Waals surface area (Å²) in [5, 5.41) is 1.32. The van der Waals surface area contributed by atoms with Gasteiger partial charge in [0.05, 0.1) is 5.52 Å². The first-order chi connectivity index (χ1) is 8.88. The lowest BCUT2D eigenvalue weighted by Crippen LogP contribution is -1.89. The second-order valence-corrected chi connectivity index (χ2v) is 5.30. The molecule has 0 aliphatic heterocycles. The fourth-order valence-corrected chi connectivity index (χ4v) is 3.13. The molecule has 0 aliphatic carbocycles. The number of rotatable bonds is 3. The van der Waals surface area contributed by atoms with Crippen LogP contribution in [0.15, 0.2) is 65.7 Å². The van der Waals surface area contributed by atoms with E-state index in [4.69, 9.17) is 0 Å². The molecule has 1 aromatic heterocycles. The molecule has 0 fully saturated rings. The molecule has 0 spiro atoms. The van der Waals surface area contributed by atoms with Crippen LogP contribution in [0.5, 0.6) is 0 Å². The lowest BCUT2D eigenvalue weighted by molar-refractivity contribution is 1.14. The summed E-state index contributed by atoms with van der Waals surface area (Å²) in [6.45, 7) is 2.21. The first-order valence-electron chi connectivity index (χ1n) is 6.21. The highest BCUT2D eigenvalue weighted by molar-refractivity contribution is 7.98. The summed E-state index contributed by atoms with van der Waals surface area (Å²) in [6, 6.07) is 19.2. The molecule has 0 atom stereocenters. The number of aromatic nitrogens is 1. The van der Waals surface area contributed by atoms with Crippen molar-refractivity contribution in [2.45, 2.75) is 18.2 Å². The molecule has 0 unspecified atom stereocenters. The fourth-order valence-electron chi connectivity index (χ4n) is 2.19. The van der Waals surface area contributed by atoms with Gasteiger partial charge in [0.15, 0.2) is 0 Å². The first kappa shape index (κ1) is 11.4. The Morgan fingerprint density at radius 2 is 1.78 bits per heavy atom. The molecule has 0 bridgehead atoms. The summed E-state index contributed by atoms with van der Waals surface area (Å²) in [5.41, 5.74) is 2.75. The minimum Gasteiger partial charge on any atom is -0.287 e. The average Bonchev–Trinajstić information content (AvgIpc) is 2.83. The van der Waals surface area contributed by atoms with Crippen LogP contribution in [-0.2, 0) is 6.42 Å². The minimum absolute atomic E-state index is 1.07. The van der Waals surface area contributed by atoms with E-state index in [0.29, 0.717) is 0 Å². The number of aryl methyl sites for hydroxylation is 1. The van der Waals surface area contributed by atoms with Crippen molar-refractivity contribution in [1.82, 2.24) is 3.97 Å². The fraction of sp³-hybridized carbons (Fsp3) is 0.125. The van der Waals surface area contributed by atoms with Gasteiger partial charge in [0.25, 0.3) is 0 Å². The molecule has 0 N–H and O–H groups in total. The van der Waals surface area contributed by atoms with Gasteiger partial charge in [-0.2, -0.15) is 0 Å². The van der Waals surface area contributed by atoms with Crippen molar-refractivity contribution >= 4 is 22.9 Å². The number of nitrogens with zero attached hydrogens (tertiary/aromatic N) is 1. The zero-order valence-corrected chi connectivity index (χ0v) is 11.2. The van der Waals surface area contributed by atoms with Crippen molar-refractivity contribution in [3.8, 4) is 0 Å². The Balaban J connectivity index is 2.07. The lowest BCUT2D eigenvalue weighted by Gasteiger charge is -2.07. The third-order valence-corrected chi connectivity index (χ3v) is 4.07. The normalized spacial score (nSPS) is 10.9. The zero-order valence-electron chi connectivity index (χ0n) is 10.3. The Labute approximate surface area is 112 Å². The van der Waals surface area contributed by atoms with E-state index in [1.165, 1.54) is 21.4 Å². The van der Waals surface area contributed by atoms with Crippen LogP contribution in [0.25, 0.3) is 10.9 Å². The molecule has 3 aromatic rings. The Morgan fingerprint density at radius 3 is 2.56 bits per heavy atom. The van der Waals surface area contributed by atoms with Gasteiger partial charge in [0, 0.05) is 16.5 Å². The van der Waals surface area contributed by atoms with E-state index in [0.717, 1.165) is 6.42 Å². The summed E-state index contributed by atoms with van der Waals surface area (Å²) in [7, 11) is 0. The van der Waals surface area contributed by atoms with Crippen molar-refractivity contribution in [1.29, 1.82) is 0 Å². The van der Waals surface area contributed by atoms with Gasteiger partial charge in [0.1, 0.15) is 0 Å². The number of benzene rings is 2. The van der Waals surface area contributed by atoms with Gasteiger partial charge in [-0.25, -0.2) is 0 Å². The van der Waals surface area contributed by atoms with Crippen molar-refractivity contribution in [2.24, 2.45) is 0 Å². The van der Waals surface area contributed by atoms with Crippen molar-refractivity contribution < 1.29 is 0 Å². The minimum atomic E-state index is 1.07. The Hall–Kier alpha value is -1.67. The Morgan fingerprint density at radius 1 is 0.944 bits per heavy atom. The third-order valence-electron chi connectivity index (χ3n) is 3.09. The van der Waals surface area contributed by atoms with E-state index >= 15 is 0 Å². The van der Waals surface area contributed by atoms with E-state index in [9.17, 15) is 0 Å². The highest BCUT2D eigenvalue weighted by Gasteiger charge is 2.06. The molecule has 2 heteroatoms. The van der Waals surface area contributed by atoms with Crippen LogP contribution in [0.3, 0.4) is 0 Å². The SMILES string of the molecule is CCc1cccc2ccn(Sc3ccccc3)c12. The highest BCUT2D eigenvalue weighted by atomic mass is 32.2. The monoisotopic (exact) mass is 253 g/mol. The van der Waals surface area contributed by atoms with Gasteiger partial charge in [-0.1, -0.05) is 43.3 Å². The number of hydrogen-bond donors (Lipinski definition) is 0. The maximum atomic E-state index is 2.27. The van der Waals surface area contributed by atoms with Crippen LogP contribution in [0.2, 0.25) is 0 Å². The van der Waals surface area contributed by atoms with E-state index in [1.54, 1.807) is 11.9 Å². The predicted molar refractivity (Wildman–Crippen MR) is 79.0 cm³/mol. The molecule has 0 saturated heterocycles. The molecule has 3 rings (SSSR count). The number of hydrogen-bond acceptors (Lipinski definition) is 1. The molecular weight excluding hydrogens is 238 g/mol. The van der Waals surface area contributed by atoms with E-state index in [-0.39, 0.29) is 0 Å². The van der Waals surface area contributed by atoms with Gasteiger partial charge in [-0.05, 0) is 42.1 Å². The molecule has 1 heterocycles. The first-order valence-corrected chi connectivity index (χ1v) is 6.98. The van der Waals surface area contributed by atoms with Gasteiger partial charge < -0.3 is 0 Å². The lowest BCUT2D eigenvalue weighted by atomic mass is 10.1. The molecule has 0 amide bonds. The topological polar surface area (TPSA) is 4.93 Å². The molecule has 0 saturated carbocycles. The molecule has 0 aliphatic rings. The predicted octanol–water partition coefficient (Wildman–Crippen LogP) is 4.76. The summed E-state index contributed by atoms with van der Waals surface area (Å²) in [5.74, 6) is 0. The largest absolute Gasteiger partial charge is 0.287 e. The van der Waals surface area contributed by atoms with Gasteiger partial charge in [-0.15, -0.1) is 0 Å². The van der Waals surface area contributed by atoms with Crippen LogP contribution in [-0.4, -0.2) is 3.97 Å². The zero-order chi connectivity index (χ0) is 12.4. The van der Waals surface area contributed by atoms with Gasteiger partial charge >= 0.3 is 0 Å². The van der Waals surface area contributed by atoms with Crippen LogP contribution in [0.4, 0.5) is 0 Å². The summed E-state index contributed by atoms with van der Waals surface area (Å²) in [6.07, 6.45) is 3.22. The van der Waals surface area contributed by atoms with E-state index in [1.807, 2.05) is 0 Å². The molecule has 90 valence electrons.